The molecule has 27 heavy (non-hydrogen) atoms. The quantitative estimate of drug-likeness (QED) is 0.533. The van der Waals surface area contributed by atoms with Gasteiger partial charge >= 0.3 is 0 Å². The summed E-state index contributed by atoms with van der Waals surface area (Å²) in [5.41, 5.74) is 5.81. The molecule has 5 rings (SSSR count). The lowest BCUT2D eigenvalue weighted by atomic mass is 10.1. The van der Waals surface area contributed by atoms with Crippen molar-refractivity contribution in [3.8, 4) is 0 Å². The molecular weight excluding hydrogens is 332 g/mol. The van der Waals surface area contributed by atoms with E-state index in [1.54, 1.807) is 0 Å². The summed E-state index contributed by atoms with van der Waals surface area (Å²) in [4.78, 5) is 12.2. The Balaban J connectivity index is 1.61. The van der Waals surface area contributed by atoms with Crippen LogP contribution in [0.15, 0.2) is 60.8 Å². The van der Waals surface area contributed by atoms with Crippen LogP contribution in [0, 0.1) is 0 Å². The average Bonchev–Trinajstić information content (AvgIpc) is 3.17. The first-order chi connectivity index (χ1) is 13.4. The molecule has 0 saturated carbocycles. The molecule has 3 heterocycles. The number of fused-ring (bicyclic) bond motifs is 3. The number of aromatic nitrogens is 3. The minimum Gasteiger partial charge on any atom is -0.354 e. The van der Waals surface area contributed by atoms with Crippen LogP contribution in [-0.2, 0) is 12.8 Å². The molecule has 2 aromatic carbocycles. The van der Waals surface area contributed by atoms with Gasteiger partial charge in [-0.15, -0.1) is 0 Å². The minimum atomic E-state index is 0.971. The molecule has 0 aliphatic carbocycles. The molecule has 1 aliphatic heterocycles. The number of nitrogens with zero attached hydrogens (tertiary/aromatic N) is 4. The van der Waals surface area contributed by atoms with E-state index in [9.17, 15) is 0 Å². The van der Waals surface area contributed by atoms with Gasteiger partial charge in [-0.05, 0) is 49.8 Å². The lowest BCUT2D eigenvalue weighted by Crippen LogP contribution is -2.30. The van der Waals surface area contributed by atoms with Gasteiger partial charge in [-0.2, -0.15) is 0 Å². The number of anilines is 1. The second-order valence-corrected chi connectivity index (χ2v) is 7.37. The number of imidazole rings is 1. The van der Waals surface area contributed by atoms with E-state index in [-0.39, 0.29) is 0 Å². The number of hydrogen-bond acceptors (Lipinski definition) is 3. The van der Waals surface area contributed by atoms with Crippen LogP contribution in [0.2, 0.25) is 0 Å². The standard InChI is InChI=1S/C23H24N4/c1-3-9-18(10-4-1)13-14-19-17-24-22-23(26-15-7-2-8-16-26)25-20-11-5-6-12-21(20)27(19)22/h1,3-6,9-12,17H,2,7-8,13-16H2. The van der Waals surface area contributed by atoms with Crippen molar-refractivity contribution in [2.45, 2.75) is 32.1 Å². The van der Waals surface area contributed by atoms with Gasteiger partial charge in [-0.25, -0.2) is 9.97 Å². The summed E-state index contributed by atoms with van der Waals surface area (Å²) < 4.78 is 2.33. The van der Waals surface area contributed by atoms with Gasteiger partial charge in [-0.3, -0.25) is 4.40 Å². The van der Waals surface area contributed by atoms with Crippen molar-refractivity contribution in [1.29, 1.82) is 0 Å². The normalized spacial score (nSPS) is 14.9. The first kappa shape index (κ1) is 16.3. The third kappa shape index (κ3) is 3.05. The van der Waals surface area contributed by atoms with Crippen LogP contribution in [0.4, 0.5) is 5.82 Å². The number of hydrogen-bond donors (Lipinski definition) is 0. The molecule has 0 bridgehead atoms. The molecule has 2 aromatic heterocycles. The predicted octanol–water partition coefficient (Wildman–Crippen LogP) is 4.66. The largest absolute Gasteiger partial charge is 0.354 e. The second kappa shape index (κ2) is 7.03. The van der Waals surface area contributed by atoms with Crippen molar-refractivity contribution in [3.63, 3.8) is 0 Å². The Labute approximate surface area is 159 Å². The minimum absolute atomic E-state index is 0.971. The van der Waals surface area contributed by atoms with Crippen molar-refractivity contribution >= 4 is 22.5 Å². The molecule has 0 atom stereocenters. The molecule has 1 aliphatic rings. The van der Waals surface area contributed by atoms with E-state index in [0.29, 0.717) is 0 Å². The number of benzene rings is 2. The van der Waals surface area contributed by atoms with Crippen LogP contribution in [0.1, 0.15) is 30.5 Å². The maximum atomic E-state index is 5.00. The fourth-order valence-corrected chi connectivity index (χ4v) is 4.14. The molecule has 0 spiro atoms. The third-order valence-electron chi connectivity index (χ3n) is 5.55. The molecule has 4 nitrogen and oxygen atoms in total. The van der Waals surface area contributed by atoms with Crippen molar-refractivity contribution in [3.05, 3.63) is 72.1 Å². The van der Waals surface area contributed by atoms with E-state index in [4.69, 9.17) is 9.97 Å². The topological polar surface area (TPSA) is 33.4 Å². The maximum absolute atomic E-state index is 5.00. The average molecular weight is 356 g/mol. The van der Waals surface area contributed by atoms with Gasteiger partial charge in [0.1, 0.15) is 0 Å². The highest BCUT2D eigenvalue weighted by Crippen LogP contribution is 2.28. The van der Waals surface area contributed by atoms with Crippen LogP contribution < -0.4 is 4.90 Å². The highest BCUT2D eigenvalue weighted by molar-refractivity contribution is 5.83. The monoisotopic (exact) mass is 356 g/mol. The summed E-state index contributed by atoms with van der Waals surface area (Å²) in [5.74, 6) is 1.04. The molecule has 0 N–H and O–H groups in total. The highest BCUT2D eigenvalue weighted by Gasteiger charge is 2.19. The molecule has 136 valence electrons. The summed E-state index contributed by atoms with van der Waals surface area (Å²) in [6.07, 6.45) is 7.82. The van der Waals surface area contributed by atoms with Crippen molar-refractivity contribution in [2.75, 3.05) is 18.0 Å². The number of rotatable bonds is 4. The summed E-state index contributed by atoms with van der Waals surface area (Å²) in [7, 11) is 0. The van der Waals surface area contributed by atoms with Crippen molar-refractivity contribution < 1.29 is 0 Å². The molecule has 0 unspecified atom stereocenters. The molecule has 1 saturated heterocycles. The highest BCUT2D eigenvalue weighted by atomic mass is 15.2. The molecule has 4 aromatic rings. The first-order valence-electron chi connectivity index (χ1n) is 9.94. The van der Waals surface area contributed by atoms with Crippen molar-refractivity contribution in [2.24, 2.45) is 0 Å². The number of piperidine rings is 1. The zero-order chi connectivity index (χ0) is 18.1. The van der Waals surface area contributed by atoms with E-state index >= 15 is 0 Å². The molecule has 0 amide bonds. The predicted molar refractivity (Wildman–Crippen MR) is 110 cm³/mol. The SMILES string of the molecule is c1ccc(CCc2cnc3c(N4CCCCC4)nc4ccccc4n23)cc1. The first-order valence-corrected chi connectivity index (χ1v) is 9.94. The zero-order valence-corrected chi connectivity index (χ0v) is 15.5. The Bertz CT molecular complexity index is 1060. The maximum Gasteiger partial charge on any atom is 0.181 e. The van der Waals surface area contributed by atoms with Gasteiger partial charge in [0.15, 0.2) is 11.5 Å². The van der Waals surface area contributed by atoms with Gasteiger partial charge in [-0.1, -0.05) is 42.5 Å². The van der Waals surface area contributed by atoms with E-state index in [0.717, 1.165) is 48.4 Å². The van der Waals surface area contributed by atoms with E-state index in [1.165, 1.54) is 30.5 Å². The fraction of sp³-hybridized carbons (Fsp3) is 0.304. The number of para-hydroxylation sites is 2. The van der Waals surface area contributed by atoms with Gasteiger partial charge in [0.05, 0.1) is 11.0 Å². The van der Waals surface area contributed by atoms with E-state index in [2.05, 4.69) is 63.9 Å². The van der Waals surface area contributed by atoms with Gasteiger partial charge in [0.25, 0.3) is 0 Å². The lowest BCUT2D eigenvalue weighted by molar-refractivity contribution is 0.574. The lowest BCUT2D eigenvalue weighted by Gasteiger charge is -2.28. The van der Waals surface area contributed by atoms with Crippen LogP contribution in [0.3, 0.4) is 0 Å². The van der Waals surface area contributed by atoms with Crippen LogP contribution >= 0.6 is 0 Å². The van der Waals surface area contributed by atoms with Crippen LogP contribution in [0.5, 0.6) is 0 Å². The Kier molecular flexibility index (Phi) is 4.24. The smallest absolute Gasteiger partial charge is 0.181 e. The molecular formula is C23H24N4. The molecule has 0 radical (unpaired) electrons. The Morgan fingerprint density at radius 1 is 0.815 bits per heavy atom. The summed E-state index contributed by atoms with van der Waals surface area (Å²) in [6, 6.07) is 19.1. The molecule has 4 heteroatoms. The van der Waals surface area contributed by atoms with Gasteiger partial charge < -0.3 is 4.90 Å². The summed E-state index contributed by atoms with van der Waals surface area (Å²) in [6.45, 7) is 2.15. The van der Waals surface area contributed by atoms with E-state index < -0.39 is 0 Å². The van der Waals surface area contributed by atoms with Crippen LogP contribution in [-0.4, -0.2) is 27.5 Å². The van der Waals surface area contributed by atoms with Gasteiger partial charge in [0, 0.05) is 25.0 Å². The second-order valence-electron chi connectivity index (χ2n) is 7.37. The molecule has 1 fully saturated rings. The van der Waals surface area contributed by atoms with Gasteiger partial charge in [0.2, 0.25) is 0 Å². The van der Waals surface area contributed by atoms with Crippen LogP contribution in [0.25, 0.3) is 16.7 Å². The van der Waals surface area contributed by atoms with E-state index in [1.807, 2.05) is 6.20 Å². The summed E-state index contributed by atoms with van der Waals surface area (Å²) >= 11 is 0. The Morgan fingerprint density at radius 3 is 2.44 bits per heavy atom. The number of aryl methyl sites for hydroxylation is 2. The fourth-order valence-electron chi connectivity index (χ4n) is 4.14. The zero-order valence-electron chi connectivity index (χ0n) is 15.5. The Hall–Kier alpha value is -2.88. The summed E-state index contributed by atoms with van der Waals surface area (Å²) in [5, 5.41) is 0. The third-order valence-corrected chi connectivity index (χ3v) is 5.55. The van der Waals surface area contributed by atoms with Crippen molar-refractivity contribution in [1.82, 2.24) is 14.4 Å². The Morgan fingerprint density at radius 2 is 1.59 bits per heavy atom.